The number of rotatable bonds is 9. The quantitative estimate of drug-likeness (QED) is 0.440. The van der Waals surface area contributed by atoms with Gasteiger partial charge in [-0.2, -0.15) is 0 Å². The van der Waals surface area contributed by atoms with E-state index in [1.807, 2.05) is 0 Å². The van der Waals surface area contributed by atoms with Gasteiger partial charge in [0.25, 0.3) is 0 Å². The maximum atomic E-state index is 4.53. The molecule has 3 rings (SSSR count). The minimum absolute atomic E-state index is 0.801. The summed E-state index contributed by atoms with van der Waals surface area (Å²) in [6, 6.07) is 18.0. The van der Waals surface area contributed by atoms with Gasteiger partial charge < -0.3 is 9.80 Å². The third-order valence-electron chi connectivity index (χ3n) is 6.07. The van der Waals surface area contributed by atoms with Crippen molar-refractivity contribution in [1.82, 2.24) is 0 Å². The maximum Gasteiger partial charge on any atom is 0.0574 e. The number of nitrogens with zero attached hydrogens (tertiary/aromatic N) is 3. The van der Waals surface area contributed by atoms with Gasteiger partial charge in [-0.05, 0) is 93.3 Å². The second-order valence-electron chi connectivity index (χ2n) is 7.83. The fourth-order valence-electron chi connectivity index (χ4n) is 4.27. The lowest BCUT2D eigenvalue weighted by Crippen LogP contribution is -2.21. The SMILES string of the molecule is CCN=C1C=CC(=C(c2ccc(N(CC)CC)cc2)c2ccc(N(CC)CC)cc2)C=C1. The van der Waals surface area contributed by atoms with Gasteiger partial charge >= 0.3 is 0 Å². The second kappa shape index (κ2) is 11.5. The van der Waals surface area contributed by atoms with E-state index in [-0.39, 0.29) is 0 Å². The molecule has 0 amide bonds. The molecule has 168 valence electrons. The van der Waals surface area contributed by atoms with Crippen LogP contribution in [0, 0.1) is 0 Å². The Labute approximate surface area is 194 Å². The molecular formula is C29H37N3. The molecule has 0 aliphatic heterocycles. The van der Waals surface area contributed by atoms with Gasteiger partial charge in [-0.15, -0.1) is 0 Å². The van der Waals surface area contributed by atoms with Gasteiger partial charge in [0, 0.05) is 44.1 Å². The average molecular weight is 428 g/mol. The third kappa shape index (κ3) is 5.40. The second-order valence-corrected chi connectivity index (χ2v) is 7.83. The lowest BCUT2D eigenvalue weighted by atomic mass is 9.90. The molecule has 2 aromatic carbocycles. The lowest BCUT2D eigenvalue weighted by molar-refractivity contribution is 0.866. The Hall–Kier alpha value is -3.07. The molecule has 0 spiro atoms. The Morgan fingerprint density at radius 1 is 0.594 bits per heavy atom. The van der Waals surface area contributed by atoms with E-state index in [4.69, 9.17) is 0 Å². The maximum absolute atomic E-state index is 4.53. The standard InChI is InChI=1S/C29H37N3/c1-6-30-26-17-11-23(12-18-26)29(24-13-19-27(20-14-24)31(7-2)8-3)25-15-21-28(22-16-25)32(9-4)10-5/h11-22H,6-10H2,1-5H3. The average Bonchev–Trinajstić information content (AvgIpc) is 2.84. The largest absolute Gasteiger partial charge is 0.372 e. The summed E-state index contributed by atoms with van der Waals surface area (Å²) in [4.78, 5) is 9.29. The van der Waals surface area contributed by atoms with Crippen LogP contribution in [0.4, 0.5) is 11.4 Å². The summed E-state index contributed by atoms with van der Waals surface area (Å²) in [6.07, 6.45) is 8.63. The van der Waals surface area contributed by atoms with Gasteiger partial charge in [-0.1, -0.05) is 36.4 Å². The predicted molar refractivity (Wildman–Crippen MR) is 142 cm³/mol. The first-order valence-corrected chi connectivity index (χ1v) is 12.0. The molecule has 0 heterocycles. The van der Waals surface area contributed by atoms with Gasteiger partial charge in [0.1, 0.15) is 0 Å². The first kappa shape index (κ1) is 23.6. The minimum Gasteiger partial charge on any atom is -0.372 e. The Balaban J connectivity index is 2.06. The van der Waals surface area contributed by atoms with Crippen LogP contribution in [0.3, 0.4) is 0 Å². The summed E-state index contributed by atoms with van der Waals surface area (Å²) in [5.41, 5.74) is 8.51. The zero-order valence-corrected chi connectivity index (χ0v) is 20.3. The smallest absolute Gasteiger partial charge is 0.0574 e. The van der Waals surface area contributed by atoms with Crippen molar-refractivity contribution in [2.24, 2.45) is 4.99 Å². The van der Waals surface area contributed by atoms with Crippen LogP contribution in [-0.4, -0.2) is 38.4 Å². The molecule has 3 nitrogen and oxygen atoms in total. The van der Waals surface area contributed by atoms with Gasteiger partial charge in [-0.25, -0.2) is 0 Å². The summed E-state index contributed by atoms with van der Waals surface area (Å²) < 4.78 is 0. The monoisotopic (exact) mass is 427 g/mol. The molecule has 0 saturated heterocycles. The highest BCUT2D eigenvalue weighted by atomic mass is 15.1. The van der Waals surface area contributed by atoms with Crippen LogP contribution in [-0.2, 0) is 0 Å². The number of benzene rings is 2. The summed E-state index contributed by atoms with van der Waals surface area (Å²) >= 11 is 0. The Morgan fingerprint density at radius 3 is 1.34 bits per heavy atom. The number of hydrogen-bond acceptors (Lipinski definition) is 3. The Bertz CT molecular complexity index is 908. The van der Waals surface area contributed by atoms with Crippen molar-refractivity contribution in [1.29, 1.82) is 0 Å². The molecule has 0 radical (unpaired) electrons. The molecular weight excluding hydrogens is 390 g/mol. The van der Waals surface area contributed by atoms with E-state index in [1.165, 1.54) is 33.6 Å². The zero-order chi connectivity index (χ0) is 22.9. The topological polar surface area (TPSA) is 18.8 Å². The first-order valence-electron chi connectivity index (χ1n) is 12.0. The van der Waals surface area contributed by atoms with Gasteiger partial charge in [0.15, 0.2) is 0 Å². The van der Waals surface area contributed by atoms with Crippen molar-refractivity contribution in [3.63, 3.8) is 0 Å². The summed E-state index contributed by atoms with van der Waals surface area (Å²) in [5.74, 6) is 0. The van der Waals surface area contributed by atoms with Crippen LogP contribution < -0.4 is 9.80 Å². The van der Waals surface area contributed by atoms with Crippen LogP contribution in [0.2, 0.25) is 0 Å². The fraction of sp³-hybridized carbons (Fsp3) is 0.345. The van der Waals surface area contributed by atoms with Gasteiger partial charge in [-0.3, -0.25) is 4.99 Å². The van der Waals surface area contributed by atoms with E-state index in [1.54, 1.807) is 0 Å². The molecule has 32 heavy (non-hydrogen) atoms. The molecule has 0 N–H and O–H groups in total. The molecule has 0 bridgehead atoms. The zero-order valence-electron chi connectivity index (χ0n) is 20.3. The molecule has 0 aromatic heterocycles. The molecule has 0 saturated carbocycles. The fourth-order valence-corrected chi connectivity index (χ4v) is 4.27. The van der Waals surface area contributed by atoms with E-state index in [9.17, 15) is 0 Å². The molecule has 1 aliphatic carbocycles. The number of allylic oxidation sites excluding steroid dienone is 5. The van der Waals surface area contributed by atoms with Gasteiger partial charge in [0.05, 0.1) is 5.71 Å². The molecule has 0 unspecified atom stereocenters. The molecule has 2 aromatic rings. The number of anilines is 2. The van der Waals surface area contributed by atoms with E-state index in [0.29, 0.717) is 0 Å². The highest BCUT2D eigenvalue weighted by Crippen LogP contribution is 2.32. The number of aliphatic imine (C=N–C) groups is 1. The van der Waals surface area contributed by atoms with Crippen LogP contribution in [0.5, 0.6) is 0 Å². The van der Waals surface area contributed by atoms with Crippen LogP contribution >= 0.6 is 0 Å². The first-order chi connectivity index (χ1) is 15.6. The third-order valence-corrected chi connectivity index (χ3v) is 6.07. The molecule has 3 heteroatoms. The lowest BCUT2D eigenvalue weighted by Gasteiger charge is -2.23. The van der Waals surface area contributed by atoms with Crippen LogP contribution in [0.1, 0.15) is 45.7 Å². The Kier molecular flexibility index (Phi) is 8.49. The highest BCUT2D eigenvalue weighted by Gasteiger charge is 2.13. The van der Waals surface area contributed by atoms with Crippen molar-refractivity contribution >= 4 is 22.7 Å². The molecule has 0 fully saturated rings. The minimum atomic E-state index is 0.801. The van der Waals surface area contributed by atoms with E-state index < -0.39 is 0 Å². The Morgan fingerprint density at radius 2 is 1.00 bits per heavy atom. The molecule has 0 atom stereocenters. The summed E-state index contributed by atoms with van der Waals surface area (Å²) in [6.45, 7) is 15.7. The van der Waals surface area contributed by atoms with Crippen molar-refractivity contribution in [3.05, 3.63) is 89.5 Å². The summed E-state index contributed by atoms with van der Waals surface area (Å²) in [5, 5.41) is 0. The van der Waals surface area contributed by atoms with Crippen molar-refractivity contribution in [2.75, 3.05) is 42.5 Å². The molecule has 1 aliphatic rings. The van der Waals surface area contributed by atoms with Crippen molar-refractivity contribution < 1.29 is 0 Å². The van der Waals surface area contributed by atoms with E-state index in [0.717, 1.165) is 38.4 Å². The normalized spacial score (nSPS) is 12.8. The summed E-state index contributed by atoms with van der Waals surface area (Å²) in [7, 11) is 0. The van der Waals surface area contributed by atoms with E-state index >= 15 is 0 Å². The van der Waals surface area contributed by atoms with Crippen LogP contribution in [0.25, 0.3) is 5.57 Å². The van der Waals surface area contributed by atoms with E-state index in [2.05, 4.69) is 122 Å². The predicted octanol–water partition coefficient (Wildman–Crippen LogP) is 6.77. The highest BCUT2D eigenvalue weighted by molar-refractivity contribution is 6.07. The van der Waals surface area contributed by atoms with Gasteiger partial charge in [0.2, 0.25) is 0 Å². The number of hydrogen-bond donors (Lipinski definition) is 0. The van der Waals surface area contributed by atoms with Crippen molar-refractivity contribution in [2.45, 2.75) is 34.6 Å². The van der Waals surface area contributed by atoms with Crippen LogP contribution in [0.15, 0.2) is 83.4 Å². The van der Waals surface area contributed by atoms with Crippen molar-refractivity contribution in [3.8, 4) is 0 Å².